The molecular formula is C36H23NS2Si. The molecule has 0 N–H and O–H groups in total. The van der Waals surface area contributed by atoms with Crippen molar-refractivity contribution < 1.29 is 0 Å². The van der Waals surface area contributed by atoms with Gasteiger partial charge in [0.05, 0.1) is 11.4 Å². The van der Waals surface area contributed by atoms with Gasteiger partial charge in [-0.15, -0.1) is 0 Å². The number of fused-ring (bicyclic) bond motifs is 11. The van der Waals surface area contributed by atoms with Gasteiger partial charge in [-0.2, -0.15) is 0 Å². The molecule has 0 aromatic heterocycles. The van der Waals surface area contributed by atoms with Gasteiger partial charge in [-0.05, 0) is 80.4 Å². The van der Waals surface area contributed by atoms with Crippen LogP contribution in [-0.4, -0.2) is 8.07 Å². The number of rotatable bonds is 1. The molecule has 0 amide bonds. The summed E-state index contributed by atoms with van der Waals surface area (Å²) in [5, 5.41) is 6.03. The van der Waals surface area contributed by atoms with Crippen LogP contribution in [0.4, 0.5) is 17.1 Å². The van der Waals surface area contributed by atoms with E-state index in [0.717, 1.165) is 0 Å². The van der Waals surface area contributed by atoms with Crippen LogP contribution in [0.5, 0.6) is 0 Å². The maximum Gasteiger partial charge on any atom is 0.183 e. The minimum absolute atomic E-state index is 1.23. The van der Waals surface area contributed by atoms with Gasteiger partial charge in [0.1, 0.15) is 0 Å². The molecule has 1 spiro atoms. The number of hydrogen-bond donors (Lipinski definition) is 0. The average molecular weight is 562 g/mol. The van der Waals surface area contributed by atoms with Gasteiger partial charge >= 0.3 is 0 Å². The first-order valence-electron chi connectivity index (χ1n) is 13.6. The van der Waals surface area contributed by atoms with Crippen LogP contribution in [0.1, 0.15) is 0 Å². The zero-order valence-electron chi connectivity index (χ0n) is 21.5. The van der Waals surface area contributed by atoms with Gasteiger partial charge in [0.2, 0.25) is 0 Å². The highest BCUT2D eigenvalue weighted by Crippen LogP contribution is 2.51. The minimum Gasteiger partial charge on any atom is -0.308 e. The van der Waals surface area contributed by atoms with Crippen LogP contribution in [-0.2, 0) is 0 Å². The normalized spacial score (nSPS) is 14.9. The smallest absolute Gasteiger partial charge is 0.183 e. The van der Waals surface area contributed by atoms with Crippen molar-refractivity contribution >= 4 is 69.4 Å². The molecule has 9 rings (SSSR count). The highest BCUT2D eigenvalue weighted by molar-refractivity contribution is 8.00. The standard InChI is InChI=1S/C36H23NS2Si/c1-8-18-33-25(11-1)26-22-21-24(37-27-12-2-4-14-29(27)38-30-15-5-3-13-28(30)37)23-36(26)40(33)34-19-9-6-16-31(34)39-32-17-7-10-20-35(32)40/h1-23H. The summed E-state index contributed by atoms with van der Waals surface area (Å²) in [7, 11) is -2.53. The summed E-state index contributed by atoms with van der Waals surface area (Å²) in [5.74, 6) is 0. The number of hydrogen-bond acceptors (Lipinski definition) is 3. The molecule has 0 bridgehead atoms. The summed E-state index contributed by atoms with van der Waals surface area (Å²) in [6.07, 6.45) is 0. The van der Waals surface area contributed by atoms with E-state index in [1.807, 2.05) is 23.5 Å². The molecule has 188 valence electrons. The first kappa shape index (κ1) is 22.8. The molecule has 0 aliphatic carbocycles. The molecule has 0 radical (unpaired) electrons. The van der Waals surface area contributed by atoms with Crippen molar-refractivity contribution in [2.75, 3.05) is 4.90 Å². The maximum atomic E-state index is 2.54. The Morgan fingerprint density at radius 3 is 1.52 bits per heavy atom. The van der Waals surface area contributed by atoms with E-state index in [1.54, 1.807) is 0 Å². The quantitative estimate of drug-likeness (QED) is 0.192. The fraction of sp³-hybridized carbons (Fsp3) is 0. The van der Waals surface area contributed by atoms with E-state index in [4.69, 9.17) is 0 Å². The molecule has 3 heterocycles. The van der Waals surface area contributed by atoms with Gasteiger partial charge in [-0.3, -0.25) is 0 Å². The van der Waals surface area contributed by atoms with Crippen molar-refractivity contribution in [3.8, 4) is 11.1 Å². The van der Waals surface area contributed by atoms with Crippen LogP contribution in [0.2, 0.25) is 0 Å². The first-order chi connectivity index (χ1) is 19.8. The minimum atomic E-state index is -2.53. The summed E-state index contributed by atoms with van der Waals surface area (Å²) < 4.78 is 0. The highest BCUT2D eigenvalue weighted by atomic mass is 32.2. The SMILES string of the molecule is c1ccc2c(c1)Sc1ccccc1N2c1ccc2c(c1)[Si]1(c3ccccc3Sc3ccccc31)c1ccccc1-2. The molecule has 3 aliphatic rings. The summed E-state index contributed by atoms with van der Waals surface area (Å²) in [5.41, 5.74) is 6.50. The first-order valence-corrected chi connectivity index (χ1v) is 17.2. The molecule has 6 aromatic rings. The van der Waals surface area contributed by atoms with Crippen molar-refractivity contribution in [1.82, 2.24) is 0 Å². The van der Waals surface area contributed by atoms with Gasteiger partial charge in [-0.25, -0.2) is 0 Å². The lowest BCUT2D eigenvalue weighted by Crippen LogP contribution is -2.74. The summed E-state index contributed by atoms with van der Waals surface area (Å²) >= 11 is 3.79. The summed E-state index contributed by atoms with van der Waals surface area (Å²) in [6.45, 7) is 0. The zero-order chi connectivity index (χ0) is 26.3. The summed E-state index contributed by atoms with van der Waals surface area (Å²) in [6, 6.07) is 52.4. The van der Waals surface area contributed by atoms with Gasteiger partial charge in [0, 0.05) is 25.3 Å². The van der Waals surface area contributed by atoms with E-state index in [0.29, 0.717) is 0 Å². The Bertz CT molecular complexity index is 1910. The van der Waals surface area contributed by atoms with Gasteiger partial charge in [0.15, 0.2) is 8.07 Å². The Labute approximate surface area is 243 Å². The van der Waals surface area contributed by atoms with E-state index in [-0.39, 0.29) is 0 Å². The van der Waals surface area contributed by atoms with Crippen molar-refractivity contribution in [2.45, 2.75) is 19.6 Å². The predicted octanol–water partition coefficient (Wildman–Crippen LogP) is 7.44. The second-order valence-corrected chi connectivity index (χ2v) is 16.3. The third-order valence-corrected chi connectivity index (χ3v) is 16.1. The van der Waals surface area contributed by atoms with Crippen molar-refractivity contribution in [1.29, 1.82) is 0 Å². The molecule has 4 heteroatoms. The number of nitrogens with zero attached hydrogens (tertiary/aromatic N) is 1. The molecule has 1 nitrogen and oxygen atoms in total. The van der Waals surface area contributed by atoms with Crippen molar-refractivity contribution in [3.63, 3.8) is 0 Å². The van der Waals surface area contributed by atoms with Crippen LogP contribution < -0.4 is 25.6 Å². The van der Waals surface area contributed by atoms with Crippen molar-refractivity contribution in [2.24, 2.45) is 0 Å². The van der Waals surface area contributed by atoms with Gasteiger partial charge in [0.25, 0.3) is 0 Å². The fourth-order valence-electron chi connectivity index (χ4n) is 6.96. The monoisotopic (exact) mass is 561 g/mol. The second kappa shape index (κ2) is 8.52. The van der Waals surface area contributed by atoms with Crippen LogP contribution in [0.25, 0.3) is 11.1 Å². The fourth-order valence-corrected chi connectivity index (χ4v) is 15.4. The highest BCUT2D eigenvalue weighted by Gasteiger charge is 2.52. The number of para-hydroxylation sites is 2. The largest absolute Gasteiger partial charge is 0.308 e. The van der Waals surface area contributed by atoms with E-state index >= 15 is 0 Å². The molecule has 0 saturated carbocycles. The third-order valence-electron chi connectivity index (χ3n) is 8.52. The molecule has 0 atom stereocenters. The Morgan fingerprint density at radius 1 is 0.400 bits per heavy atom. The van der Waals surface area contributed by atoms with E-state index < -0.39 is 8.07 Å². The van der Waals surface area contributed by atoms with Crippen LogP contribution >= 0.6 is 23.5 Å². The lowest BCUT2D eigenvalue weighted by Gasteiger charge is -2.38. The van der Waals surface area contributed by atoms with Crippen LogP contribution in [0, 0.1) is 0 Å². The Morgan fingerprint density at radius 2 is 0.875 bits per heavy atom. The lowest BCUT2D eigenvalue weighted by atomic mass is 10.0. The van der Waals surface area contributed by atoms with Crippen LogP contribution in [0.3, 0.4) is 0 Å². The Kier molecular flexibility index (Phi) is 4.86. The predicted molar refractivity (Wildman–Crippen MR) is 172 cm³/mol. The van der Waals surface area contributed by atoms with Crippen LogP contribution in [0.15, 0.2) is 159 Å². The Hall–Kier alpha value is -3.96. The summed E-state index contributed by atoms with van der Waals surface area (Å²) in [4.78, 5) is 7.85. The van der Waals surface area contributed by atoms with E-state index in [1.165, 1.54) is 68.5 Å². The second-order valence-electron chi connectivity index (χ2n) is 10.5. The lowest BCUT2D eigenvalue weighted by molar-refractivity contribution is 1.17. The molecule has 0 saturated heterocycles. The molecule has 40 heavy (non-hydrogen) atoms. The molecule has 6 aromatic carbocycles. The zero-order valence-corrected chi connectivity index (χ0v) is 24.2. The number of anilines is 3. The maximum absolute atomic E-state index is 2.54. The van der Waals surface area contributed by atoms with E-state index in [2.05, 4.69) is 144 Å². The molecule has 0 fully saturated rings. The average Bonchev–Trinajstić information content (AvgIpc) is 3.30. The molecule has 0 unspecified atom stereocenters. The van der Waals surface area contributed by atoms with Gasteiger partial charge in [-0.1, -0.05) is 115 Å². The number of benzene rings is 6. The Balaban J connectivity index is 1.38. The molecule has 3 aliphatic heterocycles. The molecular weight excluding hydrogens is 539 g/mol. The van der Waals surface area contributed by atoms with Crippen molar-refractivity contribution in [3.05, 3.63) is 140 Å². The van der Waals surface area contributed by atoms with Gasteiger partial charge < -0.3 is 4.90 Å². The third kappa shape index (κ3) is 2.96. The topological polar surface area (TPSA) is 3.24 Å². The van der Waals surface area contributed by atoms with E-state index in [9.17, 15) is 0 Å².